The first-order valence-electron chi connectivity index (χ1n) is 15.9. The Morgan fingerprint density at radius 1 is 0.435 bits per heavy atom. The molecule has 7 aromatic rings. The second kappa shape index (κ2) is 12.7. The fourth-order valence-corrected chi connectivity index (χ4v) is 12.9. The Labute approximate surface area is 274 Å². The second-order valence-electron chi connectivity index (χ2n) is 11.8. The summed E-state index contributed by atoms with van der Waals surface area (Å²) in [7, 11) is -1.73. The lowest BCUT2D eigenvalue weighted by molar-refractivity contribution is 0.759. The van der Waals surface area contributed by atoms with Gasteiger partial charge in [-0.2, -0.15) is 0 Å². The number of benzene rings is 7. The molecular formula is C44H34P2. The minimum Gasteiger partial charge on any atom is -0.0681 e. The molecule has 0 saturated carbocycles. The molecule has 1 aliphatic rings. The van der Waals surface area contributed by atoms with Gasteiger partial charge in [0.2, 0.25) is 0 Å². The van der Waals surface area contributed by atoms with E-state index in [4.69, 9.17) is 0 Å². The van der Waals surface area contributed by atoms with Crippen molar-refractivity contribution in [3.05, 3.63) is 205 Å². The maximum atomic E-state index is 2.59. The van der Waals surface area contributed by atoms with Crippen molar-refractivity contribution in [2.24, 2.45) is 0 Å². The molecule has 0 bridgehead atoms. The monoisotopic (exact) mass is 624 g/mol. The molecule has 0 aromatic heterocycles. The van der Waals surface area contributed by atoms with Gasteiger partial charge in [-0.15, -0.1) is 0 Å². The summed E-state index contributed by atoms with van der Waals surface area (Å²) in [6, 6.07) is 67.8. The van der Waals surface area contributed by atoms with Crippen LogP contribution in [0.25, 0.3) is 16.8 Å². The Balaban J connectivity index is 1.52. The van der Waals surface area contributed by atoms with E-state index in [1.165, 1.54) is 54.0 Å². The Morgan fingerprint density at radius 2 is 0.935 bits per heavy atom. The molecule has 0 saturated heterocycles. The Kier molecular flexibility index (Phi) is 7.93. The molecule has 0 heterocycles. The quantitative estimate of drug-likeness (QED) is 0.155. The Bertz CT molecular complexity index is 2040. The minimum absolute atomic E-state index is 0.299. The predicted octanol–water partition coefficient (Wildman–Crippen LogP) is 9.20. The van der Waals surface area contributed by atoms with Gasteiger partial charge in [0.05, 0.1) is 0 Å². The second-order valence-corrected chi connectivity index (χ2v) is 16.5. The average Bonchev–Trinajstić information content (AvgIpc) is 3.13. The van der Waals surface area contributed by atoms with Crippen molar-refractivity contribution < 1.29 is 0 Å². The smallest absolute Gasteiger partial charge is 0.0470 e. The van der Waals surface area contributed by atoms with Crippen molar-refractivity contribution in [3.63, 3.8) is 0 Å². The molecule has 0 unspecified atom stereocenters. The fraction of sp³-hybridized carbons (Fsp3) is 0.0455. The van der Waals surface area contributed by atoms with Crippen LogP contribution in [0, 0.1) is 0 Å². The third kappa shape index (κ3) is 5.23. The summed E-state index contributed by atoms with van der Waals surface area (Å²) in [4.78, 5) is 0. The number of allylic oxidation sites excluding steroid dienone is 1. The number of hydrogen-bond donors (Lipinski definition) is 0. The number of rotatable bonds is 7. The van der Waals surface area contributed by atoms with Gasteiger partial charge in [-0.25, -0.2) is 0 Å². The molecule has 0 spiro atoms. The zero-order chi connectivity index (χ0) is 30.8. The van der Waals surface area contributed by atoms with E-state index in [0.29, 0.717) is 0 Å². The summed E-state index contributed by atoms with van der Waals surface area (Å²) < 4.78 is 0. The molecule has 0 radical (unpaired) electrons. The van der Waals surface area contributed by atoms with Crippen molar-refractivity contribution in [3.8, 4) is 0 Å². The van der Waals surface area contributed by atoms with E-state index >= 15 is 0 Å². The molecule has 220 valence electrons. The number of hydrogen-bond acceptors (Lipinski definition) is 0. The van der Waals surface area contributed by atoms with Gasteiger partial charge < -0.3 is 0 Å². The van der Waals surface area contributed by atoms with Crippen molar-refractivity contribution >= 4 is 59.2 Å². The van der Waals surface area contributed by atoms with Crippen LogP contribution in [0.2, 0.25) is 0 Å². The van der Waals surface area contributed by atoms with Crippen molar-refractivity contribution in [2.75, 3.05) is 0 Å². The van der Waals surface area contributed by atoms with Gasteiger partial charge in [0, 0.05) is 5.16 Å². The molecule has 1 aliphatic carbocycles. The van der Waals surface area contributed by atoms with Crippen LogP contribution in [0.5, 0.6) is 0 Å². The lowest BCUT2D eigenvalue weighted by Gasteiger charge is -2.45. The lowest BCUT2D eigenvalue weighted by Crippen LogP contribution is -2.39. The topological polar surface area (TPSA) is 0 Å². The van der Waals surface area contributed by atoms with Crippen LogP contribution in [0.15, 0.2) is 188 Å². The molecule has 0 aliphatic heterocycles. The van der Waals surface area contributed by atoms with Gasteiger partial charge in [0.1, 0.15) is 0 Å². The normalized spacial score (nSPS) is 15.7. The highest BCUT2D eigenvalue weighted by Gasteiger charge is 2.45. The van der Waals surface area contributed by atoms with Crippen LogP contribution in [0.1, 0.15) is 16.7 Å². The zero-order valence-electron chi connectivity index (χ0n) is 25.6. The molecule has 46 heavy (non-hydrogen) atoms. The van der Waals surface area contributed by atoms with Crippen molar-refractivity contribution in [2.45, 2.75) is 11.6 Å². The Hall–Kier alpha value is -4.60. The third-order valence-corrected chi connectivity index (χ3v) is 14.5. The SMILES string of the molecule is C1=C[C@](c2c(P(c3ccccc3)c3ccccc3)ccc3ccccc23)(P(c2ccccc2)c2ccccc2)Cc2ccccc21. The first kappa shape index (κ1) is 28.8. The van der Waals surface area contributed by atoms with E-state index in [1.54, 1.807) is 0 Å². The van der Waals surface area contributed by atoms with E-state index in [-0.39, 0.29) is 5.16 Å². The van der Waals surface area contributed by atoms with Gasteiger partial charge in [-0.1, -0.05) is 194 Å². The highest BCUT2D eigenvalue weighted by atomic mass is 31.1. The Morgan fingerprint density at radius 3 is 1.54 bits per heavy atom. The van der Waals surface area contributed by atoms with E-state index in [1.807, 2.05) is 0 Å². The molecule has 2 heteroatoms. The van der Waals surface area contributed by atoms with E-state index in [0.717, 1.165) is 6.42 Å². The minimum atomic E-state index is -0.882. The van der Waals surface area contributed by atoms with E-state index in [9.17, 15) is 0 Å². The van der Waals surface area contributed by atoms with Crippen LogP contribution in [0.4, 0.5) is 0 Å². The molecule has 0 nitrogen and oxygen atoms in total. The van der Waals surface area contributed by atoms with E-state index < -0.39 is 15.8 Å². The van der Waals surface area contributed by atoms with Gasteiger partial charge >= 0.3 is 0 Å². The maximum Gasteiger partial charge on any atom is 0.0470 e. The summed E-state index contributed by atoms with van der Waals surface area (Å²) in [5, 5.41) is 9.33. The van der Waals surface area contributed by atoms with Gasteiger partial charge in [0.15, 0.2) is 0 Å². The summed E-state index contributed by atoms with van der Waals surface area (Å²) in [5.74, 6) is 0. The van der Waals surface area contributed by atoms with Gasteiger partial charge in [0.25, 0.3) is 0 Å². The molecular weight excluding hydrogens is 590 g/mol. The maximum absolute atomic E-state index is 2.59. The van der Waals surface area contributed by atoms with Gasteiger partial charge in [-0.3, -0.25) is 0 Å². The molecule has 0 fully saturated rings. The first-order chi connectivity index (χ1) is 22.8. The summed E-state index contributed by atoms with van der Waals surface area (Å²) in [6.45, 7) is 0. The lowest BCUT2D eigenvalue weighted by atomic mass is 9.82. The van der Waals surface area contributed by atoms with E-state index in [2.05, 4.69) is 194 Å². The molecule has 0 N–H and O–H groups in total. The van der Waals surface area contributed by atoms with Crippen LogP contribution >= 0.6 is 15.8 Å². The summed E-state index contributed by atoms with van der Waals surface area (Å²) >= 11 is 0. The van der Waals surface area contributed by atoms with Crippen molar-refractivity contribution in [1.29, 1.82) is 0 Å². The predicted molar refractivity (Wildman–Crippen MR) is 203 cm³/mol. The largest absolute Gasteiger partial charge is 0.0681 e. The standard InChI is InChI=1S/C44H34P2/c1-5-20-37(21-6-1)45(38-22-7-2-8-23-38)42-30-29-35-18-15-16-28-41(35)43(42)44(32-31-34-17-13-14-19-36(34)33-44)46(39-24-9-3-10-25-39)40-26-11-4-12-27-40/h1-32H,33H2/t44-/m0/s1. The van der Waals surface area contributed by atoms with Crippen molar-refractivity contribution in [1.82, 2.24) is 0 Å². The fourth-order valence-electron chi connectivity index (χ4n) is 7.12. The summed E-state index contributed by atoms with van der Waals surface area (Å²) in [6.07, 6.45) is 5.94. The molecule has 1 atom stereocenters. The van der Waals surface area contributed by atoms with Crippen LogP contribution in [0.3, 0.4) is 0 Å². The van der Waals surface area contributed by atoms with Crippen LogP contribution in [-0.2, 0) is 11.6 Å². The summed E-state index contributed by atoms with van der Waals surface area (Å²) in [5.41, 5.74) is 4.20. The molecule has 8 rings (SSSR count). The average molecular weight is 625 g/mol. The number of fused-ring (bicyclic) bond motifs is 2. The van der Waals surface area contributed by atoms with Crippen LogP contribution in [-0.4, -0.2) is 0 Å². The zero-order valence-corrected chi connectivity index (χ0v) is 27.4. The highest BCUT2D eigenvalue weighted by Crippen LogP contribution is 2.61. The molecule has 0 amide bonds. The molecule has 7 aromatic carbocycles. The van der Waals surface area contributed by atoms with Gasteiger partial charge in [-0.05, 0) is 76.2 Å². The first-order valence-corrected chi connectivity index (χ1v) is 18.6. The third-order valence-electron chi connectivity index (χ3n) is 9.09. The highest BCUT2D eigenvalue weighted by molar-refractivity contribution is 7.80. The van der Waals surface area contributed by atoms with Crippen LogP contribution < -0.4 is 26.5 Å².